The van der Waals surface area contributed by atoms with Gasteiger partial charge in [0, 0.05) is 25.2 Å². The van der Waals surface area contributed by atoms with Crippen molar-refractivity contribution in [1.29, 1.82) is 0 Å². The molecule has 0 aliphatic carbocycles. The minimum atomic E-state index is -0.477. The molecule has 3 rings (SSSR count). The SMILES string of the molecule is Cc1csc(NC(=O)c2cccc(CN(CCO)CCO)c2)c1C(=O)NN=Cc1ccc(F)cc1. The van der Waals surface area contributed by atoms with Crippen molar-refractivity contribution < 1.29 is 24.2 Å². The van der Waals surface area contributed by atoms with E-state index >= 15 is 0 Å². The van der Waals surface area contributed by atoms with Gasteiger partial charge < -0.3 is 15.5 Å². The fourth-order valence-electron chi connectivity index (χ4n) is 3.39. The molecule has 0 fully saturated rings. The Hall–Kier alpha value is -3.44. The molecule has 35 heavy (non-hydrogen) atoms. The van der Waals surface area contributed by atoms with Crippen LogP contribution in [-0.4, -0.2) is 59.4 Å². The summed E-state index contributed by atoms with van der Waals surface area (Å²) in [7, 11) is 0. The number of carbonyl (C=O) groups is 2. The van der Waals surface area contributed by atoms with Gasteiger partial charge in [-0.2, -0.15) is 5.10 Å². The van der Waals surface area contributed by atoms with E-state index in [1.165, 1.54) is 41.8 Å². The maximum atomic E-state index is 13.0. The van der Waals surface area contributed by atoms with Crippen molar-refractivity contribution in [1.82, 2.24) is 10.3 Å². The van der Waals surface area contributed by atoms with Crippen LogP contribution in [0.4, 0.5) is 9.39 Å². The molecule has 0 bridgehead atoms. The molecular formula is C25H27FN4O4S. The highest BCUT2D eigenvalue weighted by Crippen LogP contribution is 2.28. The number of aryl methyl sites for hydroxylation is 1. The average molecular weight is 499 g/mol. The first-order valence-corrected chi connectivity index (χ1v) is 11.8. The van der Waals surface area contributed by atoms with Crippen LogP contribution in [0.3, 0.4) is 0 Å². The van der Waals surface area contributed by atoms with Crippen LogP contribution in [-0.2, 0) is 6.54 Å². The summed E-state index contributed by atoms with van der Waals surface area (Å²) in [5.41, 5.74) is 5.35. The molecule has 1 aromatic heterocycles. The molecule has 0 saturated carbocycles. The summed E-state index contributed by atoms with van der Waals surface area (Å²) < 4.78 is 13.0. The molecule has 10 heteroatoms. The number of thiophene rings is 1. The lowest BCUT2D eigenvalue weighted by atomic mass is 10.1. The maximum absolute atomic E-state index is 13.0. The van der Waals surface area contributed by atoms with Crippen molar-refractivity contribution >= 4 is 34.4 Å². The Labute approximate surface area is 206 Å². The van der Waals surface area contributed by atoms with E-state index in [2.05, 4.69) is 15.8 Å². The van der Waals surface area contributed by atoms with Crippen molar-refractivity contribution in [2.75, 3.05) is 31.6 Å². The lowest BCUT2D eigenvalue weighted by Crippen LogP contribution is -2.29. The number of nitrogens with zero attached hydrogens (tertiary/aromatic N) is 2. The number of aliphatic hydroxyl groups is 2. The van der Waals surface area contributed by atoms with Crippen LogP contribution < -0.4 is 10.7 Å². The van der Waals surface area contributed by atoms with Crippen molar-refractivity contribution in [3.8, 4) is 0 Å². The Bertz CT molecular complexity index is 1170. The summed E-state index contributed by atoms with van der Waals surface area (Å²) in [4.78, 5) is 27.5. The summed E-state index contributed by atoms with van der Waals surface area (Å²) in [6.45, 7) is 3.00. The van der Waals surface area contributed by atoms with E-state index in [1.807, 2.05) is 11.0 Å². The Kier molecular flexibility index (Phi) is 9.62. The van der Waals surface area contributed by atoms with E-state index in [0.717, 1.165) is 5.56 Å². The van der Waals surface area contributed by atoms with Crippen molar-refractivity contribution in [2.45, 2.75) is 13.5 Å². The number of benzene rings is 2. The molecular weight excluding hydrogens is 471 g/mol. The predicted octanol–water partition coefficient (Wildman–Crippen LogP) is 3.00. The Balaban J connectivity index is 1.68. The van der Waals surface area contributed by atoms with E-state index < -0.39 is 5.91 Å². The van der Waals surface area contributed by atoms with E-state index in [9.17, 15) is 24.2 Å². The smallest absolute Gasteiger partial charge is 0.274 e. The zero-order valence-corrected chi connectivity index (χ0v) is 20.0. The van der Waals surface area contributed by atoms with Crippen LogP contribution in [0.5, 0.6) is 0 Å². The lowest BCUT2D eigenvalue weighted by Gasteiger charge is -2.20. The van der Waals surface area contributed by atoms with E-state index in [4.69, 9.17) is 0 Å². The highest BCUT2D eigenvalue weighted by Gasteiger charge is 2.19. The van der Waals surface area contributed by atoms with Gasteiger partial charge >= 0.3 is 0 Å². The Morgan fingerprint density at radius 2 is 1.80 bits per heavy atom. The topological polar surface area (TPSA) is 114 Å². The number of nitrogens with one attached hydrogen (secondary N) is 2. The molecule has 3 aromatic rings. The van der Waals surface area contributed by atoms with Gasteiger partial charge in [0.2, 0.25) is 0 Å². The summed E-state index contributed by atoms with van der Waals surface area (Å²) in [5, 5.41) is 27.3. The van der Waals surface area contributed by atoms with Gasteiger partial charge in [-0.25, -0.2) is 9.82 Å². The number of hydrogen-bond acceptors (Lipinski definition) is 7. The zero-order chi connectivity index (χ0) is 25.2. The lowest BCUT2D eigenvalue weighted by molar-refractivity contribution is 0.0955. The summed E-state index contributed by atoms with van der Waals surface area (Å²) in [6, 6.07) is 12.7. The first kappa shape index (κ1) is 26.2. The molecule has 0 spiro atoms. The highest BCUT2D eigenvalue weighted by atomic mass is 32.1. The first-order valence-electron chi connectivity index (χ1n) is 10.9. The molecule has 0 saturated heterocycles. The van der Waals surface area contributed by atoms with Crippen LogP contribution in [0.15, 0.2) is 59.0 Å². The number of rotatable bonds is 11. The monoisotopic (exact) mass is 498 g/mol. The standard InChI is InChI=1S/C25H27FN4O4S/c1-17-16-35-25(22(17)24(34)29-27-14-18-5-7-21(26)8-6-18)28-23(33)20-4-2-3-19(13-20)15-30(9-11-31)10-12-32/h2-8,13-14,16,31-32H,9-12,15H2,1H3,(H,28,33)(H,29,34). The van der Waals surface area contributed by atoms with Crippen molar-refractivity contribution in [2.24, 2.45) is 5.10 Å². The number of carbonyl (C=O) groups excluding carboxylic acids is 2. The number of aliphatic hydroxyl groups excluding tert-OH is 2. The molecule has 0 aliphatic rings. The first-order chi connectivity index (χ1) is 16.9. The molecule has 0 unspecified atom stereocenters. The quantitative estimate of drug-likeness (QED) is 0.240. The van der Waals surface area contributed by atoms with Crippen LogP contribution in [0.25, 0.3) is 0 Å². The summed E-state index contributed by atoms with van der Waals surface area (Å²) in [6.07, 6.45) is 1.40. The molecule has 184 valence electrons. The maximum Gasteiger partial charge on any atom is 0.274 e. The van der Waals surface area contributed by atoms with Gasteiger partial charge in [0.1, 0.15) is 10.8 Å². The molecule has 0 atom stereocenters. The summed E-state index contributed by atoms with van der Waals surface area (Å²) in [5.74, 6) is -1.21. The second-order valence-electron chi connectivity index (χ2n) is 7.75. The number of halogens is 1. The van der Waals surface area contributed by atoms with Crippen LogP contribution in [0.1, 0.15) is 37.4 Å². The van der Waals surface area contributed by atoms with Gasteiger partial charge in [-0.3, -0.25) is 14.5 Å². The Morgan fingerprint density at radius 3 is 2.49 bits per heavy atom. The molecule has 8 nitrogen and oxygen atoms in total. The number of anilines is 1. The van der Waals surface area contributed by atoms with Gasteiger partial charge in [-0.05, 0) is 53.3 Å². The molecule has 2 aromatic carbocycles. The fraction of sp³-hybridized carbons (Fsp3) is 0.240. The Morgan fingerprint density at radius 1 is 1.09 bits per heavy atom. The zero-order valence-electron chi connectivity index (χ0n) is 19.2. The van der Waals surface area contributed by atoms with E-state index in [0.29, 0.717) is 46.9 Å². The minimum Gasteiger partial charge on any atom is -0.395 e. The predicted molar refractivity (Wildman–Crippen MR) is 134 cm³/mol. The number of hydrogen-bond donors (Lipinski definition) is 4. The largest absolute Gasteiger partial charge is 0.395 e. The third-order valence-corrected chi connectivity index (χ3v) is 6.12. The second-order valence-corrected chi connectivity index (χ2v) is 8.63. The molecule has 1 heterocycles. The van der Waals surface area contributed by atoms with Crippen LogP contribution >= 0.6 is 11.3 Å². The molecule has 0 aliphatic heterocycles. The van der Waals surface area contributed by atoms with Crippen LogP contribution in [0, 0.1) is 12.7 Å². The second kappa shape index (κ2) is 12.9. The van der Waals surface area contributed by atoms with Gasteiger partial charge in [-0.15, -0.1) is 11.3 Å². The number of hydrazone groups is 1. The molecule has 4 N–H and O–H groups in total. The van der Waals surface area contributed by atoms with E-state index in [1.54, 1.807) is 30.5 Å². The highest BCUT2D eigenvalue weighted by molar-refractivity contribution is 7.15. The van der Waals surface area contributed by atoms with Gasteiger partial charge in [0.05, 0.1) is 25.0 Å². The van der Waals surface area contributed by atoms with Crippen molar-refractivity contribution in [3.05, 3.63) is 87.5 Å². The summed E-state index contributed by atoms with van der Waals surface area (Å²) >= 11 is 1.24. The van der Waals surface area contributed by atoms with Crippen LogP contribution in [0.2, 0.25) is 0 Å². The van der Waals surface area contributed by atoms with Gasteiger partial charge in [0.15, 0.2) is 0 Å². The average Bonchev–Trinajstić information content (AvgIpc) is 3.20. The molecule has 2 amide bonds. The third kappa shape index (κ3) is 7.52. The van der Waals surface area contributed by atoms with E-state index in [-0.39, 0.29) is 24.9 Å². The van der Waals surface area contributed by atoms with Gasteiger partial charge in [-0.1, -0.05) is 24.3 Å². The van der Waals surface area contributed by atoms with Gasteiger partial charge in [0.25, 0.3) is 11.8 Å². The number of amides is 2. The fourth-order valence-corrected chi connectivity index (χ4v) is 4.32. The minimum absolute atomic E-state index is 0.0311. The third-order valence-electron chi connectivity index (χ3n) is 5.11. The normalized spacial score (nSPS) is 11.2. The molecule has 0 radical (unpaired) electrons. The van der Waals surface area contributed by atoms with Crippen molar-refractivity contribution in [3.63, 3.8) is 0 Å².